The number of nitrogens with zero attached hydrogens (tertiary/aromatic N) is 3. The van der Waals surface area contributed by atoms with Crippen molar-refractivity contribution in [2.75, 3.05) is 28.6 Å². The molecule has 9 nitrogen and oxygen atoms in total. The summed E-state index contributed by atoms with van der Waals surface area (Å²) in [5.74, 6) is 0.411. The number of allylic oxidation sites excluding steroid dienone is 2. The van der Waals surface area contributed by atoms with E-state index in [-0.39, 0.29) is 25.1 Å². The first-order valence-corrected chi connectivity index (χ1v) is 18.6. The molecule has 1 N–H and O–H groups in total. The summed E-state index contributed by atoms with van der Waals surface area (Å²) in [6.07, 6.45) is 6.09. The Labute approximate surface area is 271 Å². The zero-order valence-electron chi connectivity index (χ0n) is 24.0. The van der Waals surface area contributed by atoms with Crippen molar-refractivity contribution in [1.82, 2.24) is 0 Å². The van der Waals surface area contributed by atoms with E-state index in [1.165, 1.54) is 6.92 Å². The largest absolute Gasteiger partial charge is 0.748 e. The van der Waals surface area contributed by atoms with Crippen molar-refractivity contribution >= 4 is 93.2 Å². The molecule has 0 fully saturated rings. The second-order valence-electron chi connectivity index (χ2n) is 10.5. The van der Waals surface area contributed by atoms with Crippen LogP contribution in [0.15, 0.2) is 66.5 Å². The van der Waals surface area contributed by atoms with Crippen molar-refractivity contribution in [3.63, 3.8) is 0 Å². The Balaban J connectivity index is 1.56. The van der Waals surface area contributed by atoms with Crippen LogP contribution in [0.4, 0.5) is 11.4 Å². The summed E-state index contributed by atoms with van der Waals surface area (Å²) >= 11 is 14.3. The first-order chi connectivity index (χ1) is 20.8. The molecule has 0 saturated carbocycles. The second kappa shape index (κ2) is 13.0. The number of hydrogen-bond acceptors (Lipinski definition) is 8. The summed E-state index contributed by atoms with van der Waals surface area (Å²) < 4.78 is 70.3. The normalized spacial score (nSPS) is 15.7. The summed E-state index contributed by atoms with van der Waals surface area (Å²) in [4.78, 5) is 3.97. The van der Waals surface area contributed by atoms with Gasteiger partial charge in [0.05, 0.1) is 42.7 Å². The Bertz CT molecular complexity index is 2010. The molecule has 1 aromatic heterocycles. The third-order valence-corrected chi connectivity index (χ3v) is 11.5. The lowest BCUT2D eigenvalue weighted by Crippen LogP contribution is -2.36. The number of aromatic nitrogens is 1. The van der Waals surface area contributed by atoms with E-state index in [1.807, 2.05) is 65.3 Å². The van der Waals surface area contributed by atoms with Crippen LogP contribution in [0.25, 0.3) is 27.1 Å². The number of halogens is 2. The standard InChI is InChI=1S/C30H31Cl2N3O6S3/c1-3-33-25-18-23(31)24(32)19-26(25)34(16-14-20(2)44(39,40)41)28(33)10-6-11-29-35(15-7-17-43(36,37)38)30-22-9-5-4-8-21(22)12-13-27(30)42-29/h4-6,8-13,18-20H,3,7,14-17H2,1-2H3,(H-,36,37,38,39,40,41). The molecule has 5 rings (SSSR count). The predicted octanol–water partition coefficient (Wildman–Crippen LogP) is 6.45. The van der Waals surface area contributed by atoms with Crippen LogP contribution in [0.3, 0.4) is 0 Å². The van der Waals surface area contributed by atoms with Gasteiger partial charge in [-0.05, 0) is 56.0 Å². The number of benzene rings is 3. The lowest BCUT2D eigenvalue weighted by Gasteiger charge is -2.26. The molecule has 0 radical (unpaired) electrons. The monoisotopic (exact) mass is 695 g/mol. The highest BCUT2D eigenvalue weighted by atomic mass is 35.5. The van der Waals surface area contributed by atoms with Crippen LogP contribution >= 0.6 is 34.5 Å². The van der Waals surface area contributed by atoms with Crippen molar-refractivity contribution < 1.29 is 30.5 Å². The van der Waals surface area contributed by atoms with Gasteiger partial charge in [-0.15, -0.1) is 0 Å². The van der Waals surface area contributed by atoms with E-state index < -0.39 is 25.5 Å². The predicted molar refractivity (Wildman–Crippen MR) is 178 cm³/mol. The molecule has 0 amide bonds. The molecule has 4 aromatic rings. The maximum Gasteiger partial charge on any atom is 0.265 e. The van der Waals surface area contributed by atoms with Gasteiger partial charge in [0, 0.05) is 30.8 Å². The Kier molecular flexibility index (Phi) is 9.62. The highest BCUT2D eigenvalue weighted by Crippen LogP contribution is 2.45. The summed E-state index contributed by atoms with van der Waals surface area (Å²) in [5, 5.41) is 2.65. The fourth-order valence-electron chi connectivity index (χ4n) is 5.39. The number of anilines is 2. The first kappa shape index (κ1) is 32.7. The van der Waals surface area contributed by atoms with Crippen LogP contribution in [0.2, 0.25) is 10.0 Å². The quantitative estimate of drug-likeness (QED) is 0.140. The SMILES string of the molecule is CCN1/C(=C\C=C\c2sc3ccc4ccccc4c3[n+]2CCCS(=O)(=O)O)N(CCC(C)S(=O)(=O)[O-])c2cc(Cl)c(Cl)cc21. The minimum atomic E-state index is -4.45. The Hall–Kier alpha value is -2.71. The van der Waals surface area contributed by atoms with Gasteiger partial charge in [-0.25, -0.2) is 8.42 Å². The molecule has 1 unspecified atom stereocenters. The van der Waals surface area contributed by atoms with Crippen LogP contribution in [-0.4, -0.2) is 50.0 Å². The maximum atomic E-state index is 11.6. The van der Waals surface area contributed by atoms with Gasteiger partial charge < -0.3 is 14.4 Å². The van der Waals surface area contributed by atoms with Gasteiger partial charge in [-0.2, -0.15) is 13.0 Å². The molecule has 0 saturated heterocycles. The molecule has 0 bridgehead atoms. The Morgan fingerprint density at radius 3 is 2.39 bits per heavy atom. The van der Waals surface area contributed by atoms with Gasteiger partial charge in [-0.3, -0.25) is 4.55 Å². The fourth-order valence-corrected chi connectivity index (χ4v) is 7.72. The van der Waals surface area contributed by atoms with Crippen LogP contribution in [0.1, 0.15) is 31.7 Å². The second-order valence-corrected chi connectivity index (χ2v) is 15.7. The summed E-state index contributed by atoms with van der Waals surface area (Å²) in [6, 6.07) is 15.6. The zero-order chi connectivity index (χ0) is 31.8. The van der Waals surface area contributed by atoms with Gasteiger partial charge in [0.1, 0.15) is 10.5 Å². The molecule has 1 atom stereocenters. The third kappa shape index (κ3) is 6.91. The van der Waals surface area contributed by atoms with E-state index in [0.29, 0.717) is 23.1 Å². The first-order valence-electron chi connectivity index (χ1n) is 13.9. The molecule has 3 aromatic carbocycles. The molecule has 2 heterocycles. The average molecular weight is 697 g/mol. The van der Waals surface area contributed by atoms with E-state index in [4.69, 9.17) is 23.2 Å². The molecular weight excluding hydrogens is 665 g/mol. The Morgan fingerprint density at radius 1 is 1.05 bits per heavy atom. The van der Waals surface area contributed by atoms with Gasteiger partial charge in [0.25, 0.3) is 15.1 Å². The molecule has 1 aliphatic rings. The number of aryl methyl sites for hydroxylation is 1. The highest BCUT2D eigenvalue weighted by Gasteiger charge is 2.32. The minimum Gasteiger partial charge on any atom is -0.748 e. The fraction of sp³-hybridized carbons (Fsp3) is 0.300. The van der Waals surface area contributed by atoms with Crippen LogP contribution in [0.5, 0.6) is 0 Å². The molecule has 0 spiro atoms. The molecule has 44 heavy (non-hydrogen) atoms. The zero-order valence-corrected chi connectivity index (χ0v) is 27.9. The van der Waals surface area contributed by atoms with Crippen molar-refractivity contribution in [3.05, 3.63) is 81.6 Å². The van der Waals surface area contributed by atoms with Gasteiger partial charge in [0.2, 0.25) is 5.52 Å². The number of thiazole rings is 1. The number of hydrogen-bond donors (Lipinski definition) is 1. The minimum absolute atomic E-state index is 0.112. The summed E-state index contributed by atoms with van der Waals surface area (Å²) in [5.41, 5.74) is 2.55. The smallest absolute Gasteiger partial charge is 0.265 e. The van der Waals surface area contributed by atoms with Crippen LogP contribution in [0, 0.1) is 0 Å². The van der Waals surface area contributed by atoms with E-state index in [2.05, 4.69) is 10.6 Å². The van der Waals surface area contributed by atoms with Crippen LogP contribution in [-0.2, 0) is 26.8 Å². The molecule has 234 valence electrons. The number of fused-ring (bicyclic) bond motifs is 4. The topological polar surface area (TPSA) is 122 Å². The van der Waals surface area contributed by atoms with Crippen molar-refractivity contribution in [2.45, 2.75) is 38.5 Å². The van der Waals surface area contributed by atoms with Gasteiger partial charge in [0.15, 0.2) is 6.54 Å². The van der Waals surface area contributed by atoms with Crippen LogP contribution < -0.4 is 14.4 Å². The number of rotatable bonds is 11. The summed E-state index contributed by atoms with van der Waals surface area (Å²) in [7, 11) is -8.56. The summed E-state index contributed by atoms with van der Waals surface area (Å²) in [6.45, 7) is 4.61. The maximum absolute atomic E-state index is 11.6. The third-order valence-electron chi connectivity index (χ3n) is 7.60. The van der Waals surface area contributed by atoms with E-state index in [0.717, 1.165) is 43.2 Å². The van der Waals surface area contributed by atoms with E-state index in [9.17, 15) is 25.9 Å². The molecule has 14 heteroatoms. The van der Waals surface area contributed by atoms with Gasteiger partial charge in [-0.1, -0.05) is 64.9 Å². The molecule has 0 aliphatic carbocycles. The van der Waals surface area contributed by atoms with Crippen molar-refractivity contribution in [2.24, 2.45) is 0 Å². The average Bonchev–Trinajstić information content (AvgIpc) is 3.45. The van der Waals surface area contributed by atoms with E-state index in [1.54, 1.807) is 23.5 Å². The lowest BCUT2D eigenvalue weighted by molar-refractivity contribution is -0.667. The Morgan fingerprint density at radius 2 is 1.73 bits per heavy atom. The molecular formula is C30H31Cl2N3O6S3. The van der Waals surface area contributed by atoms with Gasteiger partial charge >= 0.3 is 0 Å². The van der Waals surface area contributed by atoms with Crippen molar-refractivity contribution in [1.29, 1.82) is 0 Å². The van der Waals surface area contributed by atoms with Crippen molar-refractivity contribution in [3.8, 4) is 0 Å². The lowest BCUT2D eigenvalue weighted by atomic mass is 10.1. The highest BCUT2D eigenvalue weighted by molar-refractivity contribution is 7.86. The van der Waals surface area contributed by atoms with E-state index >= 15 is 0 Å². The molecule has 1 aliphatic heterocycles.